The maximum atomic E-state index is 13.9. The van der Waals surface area contributed by atoms with Crippen molar-refractivity contribution < 1.29 is 32.2 Å². The van der Waals surface area contributed by atoms with Crippen molar-refractivity contribution in [2.75, 3.05) is 37.8 Å². The van der Waals surface area contributed by atoms with Crippen LogP contribution in [0.2, 0.25) is 5.02 Å². The minimum absolute atomic E-state index is 0.0504. The van der Waals surface area contributed by atoms with Crippen LogP contribution in [0.15, 0.2) is 36.8 Å². The van der Waals surface area contributed by atoms with Crippen molar-refractivity contribution in [3.05, 3.63) is 58.9 Å². The van der Waals surface area contributed by atoms with E-state index < -0.39 is 24.4 Å². The van der Waals surface area contributed by atoms with Gasteiger partial charge in [-0.25, -0.2) is 19.6 Å². The molecule has 4 aromatic rings. The first-order valence-electron chi connectivity index (χ1n) is 16.0. The Hall–Kier alpha value is -4.34. The second-order valence-corrected chi connectivity index (χ2v) is 13.4. The number of hydrogen-bond donors (Lipinski definition) is 1. The lowest BCUT2D eigenvalue weighted by atomic mass is 9.91. The number of rotatable bonds is 8. The van der Waals surface area contributed by atoms with Crippen LogP contribution in [0.4, 0.5) is 18.9 Å². The molecule has 0 spiro atoms. The Morgan fingerprint density at radius 1 is 1.18 bits per heavy atom. The molecule has 0 aliphatic carbocycles. The maximum absolute atomic E-state index is 13.9. The molecule has 6 heterocycles. The van der Waals surface area contributed by atoms with E-state index in [0.29, 0.717) is 63.7 Å². The fourth-order valence-electron chi connectivity index (χ4n) is 6.86. The summed E-state index contributed by atoms with van der Waals surface area (Å²) in [6, 6.07) is 5.28. The van der Waals surface area contributed by atoms with E-state index in [0.717, 1.165) is 26.4 Å². The van der Waals surface area contributed by atoms with Gasteiger partial charge in [-0.3, -0.25) is 19.4 Å². The summed E-state index contributed by atoms with van der Waals surface area (Å²) in [6.45, 7) is 5.99. The zero-order valence-electron chi connectivity index (χ0n) is 26.8. The van der Waals surface area contributed by atoms with Gasteiger partial charge >= 0.3 is 6.18 Å². The van der Waals surface area contributed by atoms with E-state index >= 15 is 0 Å². The fourth-order valence-corrected chi connectivity index (χ4v) is 6.96. The third kappa shape index (κ3) is 6.30. The van der Waals surface area contributed by atoms with E-state index in [9.17, 15) is 22.8 Å². The van der Waals surface area contributed by atoms with E-state index in [1.54, 1.807) is 29.1 Å². The highest BCUT2D eigenvalue weighted by Crippen LogP contribution is 2.42. The lowest BCUT2D eigenvalue weighted by molar-refractivity contribution is -0.169. The molecule has 0 saturated carbocycles. The summed E-state index contributed by atoms with van der Waals surface area (Å²) >= 11 is 5.92. The van der Waals surface area contributed by atoms with Crippen LogP contribution in [-0.2, 0) is 22.5 Å². The molecule has 12 nitrogen and oxygen atoms in total. The van der Waals surface area contributed by atoms with Crippen LogP contribution in [0.5, 0.6) is 5.75 Å². The number of anilines is 1. The Balaban J connectivity index is 1.33. The van der Waals surface area contributed by atoms with Gasteiger partial charge in [-0.2, -0.15) is 18.3 Å². The number of ether oxygens (including phenoxy) is 2. The SMILES string of the molecule is CC(Cc1nc2c(cnn2[C@@H]2CCN(C3COC3)C[C@H]2C)c(-c2ccc3c(c2)OCC(=O)N3Cc2ncc(Cl)cn2)c1C(N)=O)C(F)(F)F. The van der Waals surface area contributed by atoms with Crippen LogP contribution >= 0.6 is 11.6 Å². The van der Waals surface area contributed by atoms with Gasteiger partial charge in [0, 0.05) is 42.9 Å². The number of likely N-dealkylation sites (tertiary alicyclic amines) is 1. The number of piperidine rings is 1. The molecule has 2 amide bonds. The molecule has 3 aliphatic heterocycles. The van der Waals surface area contributed by atoms with Crippen molar-refractivity contribution in [1.29, 1.82) is 0 Å². The van der Waals surface area contributed by atoms with Crippen LogP contribution in [0, 0.1) is 11.8 Å². The van der Waals surface area contributed by atoms with Crippen molar-refractivity contribution in [2.24, 2.45) is 17.6 Å². The Kier molecular flexibility index (Phi) is 8.69. The molecule has 49 heavy (non-hydrogen) atoms. The number of primary amides is 1. The number of alkyl halides is 3. The fraction of sp³-hybridized carbons (Fsp3) is 0.455. The Labute approximate surface area is 284 Å². The van der Waals surface area contributed by atoms with Crippen LogP contribution < -0.4 is 15.4 Å². The van der Waals surface area contributed by atoms with Gasteiger partial charge in [0.05, 0.1) is 65.9 Å². The summed E-state index contributed by atoms with van der Waals surface area (Å²) < 4.78 is 54.7. The highest BCUT2D eigenvalue weighted by Gasteiger charge is 2.39. The topological polar surface area (TPSA) is 142 Å². The molecule has 2 N–H and O–H groups in total. The molecule has 7 rings (SSSR count). The number of halogens is 4. The van der Waals surface area contributed by atoms with E-state index in [2.05, 4.69) is 21.8 Å². The summed E-state index contributed by atoms with van der Waals surface area (Å²) in [5, 5.41) is 5.54. The molecular weight excluding hydrogens is 665 g/mol. The van der Waals surface area contributed by atoms with Crippen LogP contribution in [-0.4, -0.2) is 86.6 Å². The van der Waals surface area contributed by atoms with Crippen molar-refractivity contribution in [2.45, 2.75) is 51.5 Å². The minimum Gasteiger partial charge on any atom is -0.482 e. The zero-order chi connectivity index (χ0) is 34.6. The van der Waals surface area contributed by atoms with Gasteiger partial charge < -0.3 is 15.2 Å². The average Bonchev–Trinajstić information content (AvgIpc) is 3.44. The van der Waals surface area contributed by atoms with Crippen LogP contribution in [0.1, 0.15) is 48.2 Å². The first-order valence-corrected chi connectivity index (χ1v) is 16.4. The number of benzene rings is 1. The number of pyridine rings is 1. The smallest absolute Gasteiger partial charge is 0.391 e. The van der Waals surface area contributed by atoms with Crippen molar-refractivity contribution in [3.63, 3.8) is 0 Å². The molecule has 1 unspecified atom stereocenters. The van der Waals surface area contributed by atoms with E-state index in [-0.39, 0.29) is 42.3 Å². The predicted octanol–water partition coefficient (Wildman–Crippen LogP) is 4.59. The van der Waals surface area contributed by atoms with Crippen molar-refractivity contribution in [1.82, 2.24) is 29.6 Å². The molecule has 2 fully saturated rings. The molecule has 3 aliphatic rings. The monoisotopic (exact) mass is 698 g/mol. The number of carbonyl (C=O) groups is 2. The zero-order valence-corrected chi connectivity index (χ0v) is 27.5. The van der Waals surface area contributed by atoms with Gasteiger partial charge in [0.2, 0.25) is 0 Å². The number of fused-ring (bicyclic) bond motifs is 2. The number of amides is 2. The summed E-state index contributed by atoms with van der Waals surface area (Å²) in [7, 11) is 0. The third-order valence-corrected chi connectivity index (χ3v) is 9.83. The van der Waals surface area contributed by atoms with Crippen molar-refractivity contribution in [3.8, 4) is 16.9 Å². The quantitative estimate of drug-likeness (QED) is 0.280. The highest BCUT2D eigenvalue weighted by atomic mass is 35.5. The normalized spacial score (nSPS) is 20.9. The minimum atomic E-state index is -4.53. The molecule has 3 atom stereocenters. The van der Waals surface area contributed by atoms with Gasteiger partial charge in [-0.15, -0.1) is 0 Å². The molecular formula is C33H34ClF3N8O4. The average molecular weight is 699 g/mol. The molecule has 258 valence electrons. The third-order valence-electron chi connectivity index (χ3n) is 9.63. The molecule has 2 saturated heterocycles. The molecule has 0 radical (unpaired) electrons. The largest absolute Gasteiger partial charge is 0.482 e. The lowest BCUT2D eigenvalue weighted by Gasteiger charge is -2.44. The lowest BCUT2D eigenvalue weighted by Crippen LogP contribution is -2.54. The van der Waals surface area contributed by atoms with E-state index in [1.165, 1.54) is 17.3 Å². The van der Waals surface area contributed by atoms with E-state index in [1.807, 2.05) is 0 Å². The second-order valence-electron chi connectivity index (χ2n) is 12.9. The number of aromatic nitrogens is 5. The van der Waals surface area contributed by atoms with Crippen LogP contribution in [0.3, 0.4) is 0 Å². The highest BCUT2D eigenvalue weighted by molar-refractivity contribution is 6.30. The molecule has 3 aromatic heterocycles. The van der Waals surface area contributed by atoms with Gasteiger partial charge in [-0.05, 0) is 30.0 Å². The summed E-state index contributed by atoms with van der Waals surface area (Å²) in [5.74, 6) is -2.20. The van der Waals surface area contributed by atoms with Gasteiger partial charge in [0.1, 0.15) is 11.6 Å². The van der Waals surface area contributed by atoms with Gasteiger partial charge in [0.15, 0.2) is 12.3 Å². The summed E-state index contributed by atoms with van der Waals surface area (Å²) in [5.41, 5.74) is 7.31. The number of nitrogens with two attached hydrogens (primary N) is 1. The Bertz CT molecular complexity index is 1920. The molecule has 0 bridgehead atoms. The number of nitrogens with zero attached hydrogens (tertiary/aromatic N) is 7. The summed E-state index contributed by atoms with van der Waals surface area (Å²) in [6.07, 6.45) is 0.130. The van der Waals surface area contributed by atoms with Crippen LogP contribution in [0.25, 0.3) is 22.2 Å². The van der Waals surface area contributed by atoms with E-state index in [4.69, 9.17) is 36.9 Å². The Morgan fingerprint density at radius 3 is 2.59 bits per heavy atom. The summed E-state index contributed by atoms with van der Waals surface area (Å²) in [4.78, 5) is 43.0. The Morgan fingerprint density at radius 2 is 1.94 bits per heavy atom. The standard InChI is InChI=1S/C33H34ClF3N8O4/c1-17-12-43(21-14-48-15-21)6-5-24(17)45-32-22(11-41-45)29(30(31(38)47)23(42-32)7-18(2)33(35,36)37)19-3-4-25-26(8-19)49-16-28(46)44(25)13-27-39-9-20(34)10-40-27/h3-4,8-11,17-18,21,24H,5-7,12-16H2,1-2H3,(H2,38,47)/t17-,18?,24-/m1/s1. The molecule has 1 aromatic carbocycles. The predicted molar refractivity (Wildman–Crippen MR) is 173 cm³/mol. The maximum Gasteiger partial charge on any atom is 0.391 e. The van der Waals surface area contributed by atoms with Gasteiger partial charge in [0.25, 0.3) is 11.8 Å². The second kappa shape index (κ2) is 12.8. The first-order chi connectivity index (χ1) is 23.4. The molecule has 16 heteroatoms. The number of hydrogen-bond acceptors (Lipinski definition) is 9. The number of carbonyl (C=O) groups excluding carboxylic acids is 2. The van der Waals surface area contributed by atoms with Crippen molar-refractivity contribution >= 4 is 40.1 Å². The van der Waals surface area contributed by atoms with Gasteiger partial charge in [-0.1, -0.05) is 31.5 Å². The first kappa shape index (κ1) is 33.2.